The van der Waals surface area contributed by atoms with Crippen molar-refractivity contribution in [3.05, 3.63) is 41.1 Å². The van der Waals surface area contributed by atoms with E-state index in [0.29, 0.717) is 11.8 Å². The Hall–Kier alpha value is -2.35. The average molecular weight is 375 g/mol. The SMILES string of the molecule is FC(F)(F)c1cnc(Nc2ccc3c(c2)C2CNCC3C2)nc1NC1CC1. The van der Waals surface area contributed by atoms with E-state index in [9.17, 15) is 13.2 Å². The van der Waals surface area contributed by atoms with Crippen molar-refractivity contribution in [1.29, 1.82) is 0 Å². The van der Waals surface area contributed by atoms with Crippen LogP contribution in [0.15, 0.2) is 24.4 Å². The highest BCUT2D eigenvalue weighted by molar-refractivity contribution is 5.60. The molecule has 3 N–H and O–H groups in total. The number of piperidine rings is 1. The van der Waals surface area contributed by atoms with Gasteiger partial charge in [-0.3, -0.25) is 0 Å². The number of rotatable bonds is 4. The Balaban J connectivity index is 1.42. The van der Waals surface area contributed by atoms with Crippen LogP contribution >= 0.6 is 0 Å². The number of benzene rings is 1. The molecular weight excluding hydrogens is 355 g/mol. The maximum atomic E-state index is 13.2. The fourth-order valence-electron chi connectivity index (χ4n) is 4.10. The number of fused-ring (bicyclic) bond motifs is 5. The molecule has 1 saturated carbocycles. The molecule has 1 saturated heterocycles. The molecule has 2 aromatic rings. The summed E-state index contributed by atoms with van der Waals surface area (Å²) in [5.74, 6) is 1.08. The lowest BCUT2D eigenvalue weighted by Gasteiger charge is -2.19. The van der Waals surface area contributed by atoms with Gasteiger partial charge in [-0.25, -0.2) is 4.98 Å². The molecule has 5 rings (SSSR count). The van der Waals surface area contributed by atoms with Crippen LogP contribution in [-0.2, 0) is 6.18 Å². The van der Waals surface area contributed by atoms with E-state index >= 15 is 0 Å². The van der Waals surface area contributed by atoms with Crippen molar-refractivity contribution in [3.63, 3.8) is 0 Å². The number of nitrogens with zero attached hydrogens (tertiary/aromatic N) is 2. The second-order valence-electron chi connectivity index (χ2n) is 7.63. The van der Waals surface area contributed by atoms with Crippen LogP contribution in [0.1, 0.15) is 47.8 Å². The van der Waals surface area contributed by atoms with Crippen LogP contribution in [0.25, 0.3) is 0 Å². The second kappa shape index (κ2) is 6.09. The van der Waals surface area contributed by atoms with Crippen LogP contribution in [0, 0.1) is 0 Å². The standard InChI is InChI=1S/C19H20F3N5/c20-19(21,22)16-9-24-18(27-17(16)25-12-1-2-12)26-13-3-4-14-10-5-11(8-23-7-10)15(14)6-13/h3-4,6,9-12,23H,1-2,5,7-8H2,(H2,24,25,26,27). The highest BCUT2D eigenvalue weighted by atomic mass is 19.4. The smallest absolute Gasteiger partial charge is 0.367 e. The summed E-state index contributed by atoms with van der Waals surface area (Å²) in [6, 6.07) is 6.22. The highest BCUT2D eigenvalue weighted by Crippen LogP contribution is 2.44. The second-order valence-corrected chi connectivity index (χ2v) is 7.63. The van der Waals surface area contributed by atoms with Crippen molar-refractivity contribution < 1.29 is 13.2 Å². The fraction of sp³-hybridized carbons (Fsp3) is 0.474. The first-order chi connectivity index (χ1) is 13.0. The zero-order chi connectivity index (χ0) is 18.6. The number of hydrogen-bond acceptors (Lipinski definition) is 5. The van der Waals surface area contributed by atoms with Crippen molar-refractivity contribution >= 4 is 17.5 Å². The Morgan fingerprint density at radius 2 is 1.85 bits per heavy atom. The molecule has 3 aliphatic rings. The zero-order valence-electron chi connectivity index (χ0n) is 14.6. The molecule has 2 unspecified atom stereocenters. The summed E-state index contributed by atoms with van der Waals surface area (Å²) < 4.78 is 39.6. The van der Waals surface area contributed by atoms with Crippen LogP contribution in [-0.4, -0.2) is 29.1 Å². The quantitative estimate of drug-likeness (QED) is 0.754. The Labute approximate surface area is 154 Å². The number of alkyl halides is 3. The predicted octanol–water partition coefficient (Wildman–Crippen LogP) is 3.99. The van der Waals surface area contributed by atoms with Crippen LogP contribution in [0.2, 0.25) is 0 Å². The molecule has 2 fully saturated rings. The van der Waals surface area contributed by atoms with E-state index in [2.05, 4.69) is 38.1 Å². The molecule has 27 heavy (non-hydrogen) atoms. The van der Waals surface area contributed by atoms with E-state index in [1.807, 2.05) is 6.07 Å². The third-order valence-electron chi connectivity index (χ3n) is 5.59. The Bertz CT molecular complexity index is 878. The van der Waals surface area contributed by atoms with Gasteiger partial charge >= 0.3 is 6.18 Å². The van der Waals surface area contributed by atoms with Gasteiger partial charge in [0.15, 0.2) is 0 Å². The third-order valence-corrected chi connectivity index (χ3v) is 5.59. The first-order valence-electron chi connectivity index (χ1n) is 9.30. The maximum Gasteiger partial charge on any atom is 0.421 e. The number of anilines is 3. The minimum absolute atomic E-state index is 0.0700. The van der Waals surface area contributed by atoms with Gasteiger partial charge in [0.1, 0.15) is 11.4 Å². The van der Waals surface area contributed by atoms with Gasteiger partial charge in [0.05, 0.1) is 0 Å². The summed E-state index contributed by atoms with van der Waals surface area (Å²) in [4.78, 5) is 8.00. The molecule has 1 aliphatic heterocycles. The largest absolute Gasteiger partial charge is 0.421 e. The van der Waals surface area contributed by atoms with E-state index in [-0.39, 0.29) is 17.8 Å². The van der Waals surface area contributed by atoms with Crippen molar-refractivity contribution in [2.24, 2.45) is 0 Å². The summed E-state index contributed by atoms with van der Waals surface area (Å²) >= 11 is 0. The molecule has 8 heteroatoms. The van der Waals surface area contributed by atoms with Crippen molar-refractivity contribution in [2.75, 3.05) is 23.7 Å². The number of halogens is 3. The van der Waals surface area contributed by atoms with E-state index in [0.717, 1.165) is 44.2 Å². The van der Waals surface area contributed by atoms with E-state index in [4.69, 9.17) is 0 Å². The lowest BCUT2D eigenvalue weighted by molar-refractivity contribution is -0.137. The van der Waals surface area contributed by atoms with Crippen LogP contribution < -0.4 is 16.0 Å². The molecule has 0 amide bonds. The van der Waals surface area contributed by atoms with Gasteiger partial charge in [0.2, 0.25) is 5.95 Å². The van der Waals surface area contributed by atoms with Crippen molar-refractivity contribution in [3.8, 4) is 0 Å². The Kier molecular flexibility index (Phi) is 3.79. The number of hydrogen-bond donors (Lipinski definition) is 3. The molecule has 1 aromatic heterocycles. The molecule has 2 aliphatic carbocycles. The minimum Gasteiger partial charge on any atom is -0.367 e. The molecule has 2 heterocycles. The lowest BCUT2D eigenvalue weighted by atomic mass is 9.98. The lowest BCUT2D eigenvalue weighted by Crippen LogP contribution is -2.28. The average Bonchev–Trinajstić information content (AvgIpc) is 3.41. The first-order valence-corrected chi connectivity index (χ1v) is 9.30. The van der Waals surface area contributed by atoms with E-state index < -0.39 is 11.7 Å². The van der Waals surface area contributed by atoms with Crippen LogP contribution in [0.3, 0.4) is 0 Å². The molecule has 5 nitrogen and oxygen atoms in total. The number of aromatic nitrogens is 2. The summed E-state index contributed by atoms with van der Waals surface area (Å²) in [5.41, 5.74) is 2.67. The molecule has 2 atom stereocenters. The predicted molar refractivity (Wildman–Crippen MR) is 96.4 cm³/mol. The molecular formula is C19H20F3N5. The number of nitrogens with one attached hydrogen (secondary N) is 3. The minimum atomic E-state index is -4.48. The monoisotopic (exact) mass is 375 g/mol. The summed E-state index contributed by atoms with van der Waals surface area (Å²) in [5, 5.41) is 9.40. The molecule has 0 radical (unpaired) electrons. The molecule has 142 valence electrons. The van der Waals surface area contributed by atoms with Gasteiger partial charge in [-0.05, 0) is 54.4 Å². The first kappa shape index (κ1) is 16.8. The van der Waals surface area contributed by atoms with E-state index in [1.54, 1.807) is 0 Å². The van der Waals surface area contributed by atoms with E-state index in [1.165, 1.54) is 11.1 Å². The van der Waals surface area contributed by atoms with Crippen LogP contribution in [0.4, 0.5) is 30.6 Å². The summed E-state index contributed by atoms with van der Waals surface area (Å²) in [6.07, 6.45) is -0.729. The van der Waals surface area contributed by atoms with Gasteiger partial charge in [-0.15, -0.1) is 0 Å². The van der Waals surface area contributed by atoms with Gasteiger partial charge in [0, 0.05) is 31.0 Å². The molecule has 1 aromatic carbocycles. The fourth-order valence-corrected chi connectivity index (χ4v) is 4.10. The Morgan fingerprint density at radius 3 is 2.59 bits per heavy atom. The van der Waals surface area contributed by atoms with Crippen molar-refractivity contribution in [2.45, 2.75) is 43.3 Å². The topological polar surface area (TPSA) is 61.9 Å². The van der Waals surface area contributed by atoms with Gasteiger partial charge < -0.3 is 16.0 Å². The maximum absolute atomic E-state index is 13.2. The van der Waals surface area contributed by atoms with Crippen LogP contribution in [0.5, 0.6) is 0 Å². The third kappa shape index (κ3) is 3.22. The summed E-state index contributed by atoms with van der Waals surface area (Å²) in [6.45, 7) is 1.98. The highest BCUT2D eigenvalue weighted by Gasteiger charge is 2.37. The summed E-state index contributed by atoms with van der Waals surface area (Å²) in [7, 11) is 0. The zero-order valence-corrected chi connectivity index (χ0v) is 14.6. The molecule has 2 bridgehead atoms. The molecule has 0 spiro atoms. The Morgan fingerprint density at radius 1 is 1.07 bits per heavy atom. The van der Waals surface area contributed by atoms with Gasteiger partial charge in [0.25, 0.3) is 0 Å². The normalized spacial score (nSPS) is 23.8. The van der Waals surface area contributed by atoms with Gasteiger partial charge in [-0.1, -0.05) is 6.07 Å². The van der Waals surface area contributed by atoms with Crippen molar-refractivity contribution in [1.82, 2.24) is 15.3 Å². The van der Waals surface area contributed by atoms with Gasteiger partial charge in [-0.2, -0.15) is 18.2 Å².